The van der Waals surface area contributed by atoms with Crippen LogP contribution in [0.3, 0.4) is 0 Å². The Hall–Kier alpha value is -0.850. The molecule has 0 bridgehead atoms. The van der Waals surface area contributed by atoms with Gasteiger partial charge in [0.25, 0.3) is 0 Å². The van der Waals surface area contributed by atoms with Crippen LogP contribution in [0, 0.1) is 11.7 Å². The van der Waals surface area contributed by atoms with E-state index in [0.717, 1.165) is 38.2 Å². The lowest BCUT2D eigenvalue weighted by Crippen LogP contribution is -2.34. The fourth-order valence-corrected chi connectivity index (χ4v) is 2.93. The highest BCUT2D eigenvalue weighted by Gasteiger charge is 2.35. The van der Waals surface area contributed by atoms with Gasteiger partial charge in [0, 0.05) is 0 Å². The summed E-state index contributed by atoms with van der Waals surface area (Å²) in [4.78, 5) is 0. The van der Waals surface area contributed by atoms with Gasteiger partial charge in [-0.25, -0.2) is 4.39 Å². The van der Waals surface area contributed by atoms with Gasteiger partial charge in [0.2, 0.25) is 0 Å². The van der Waals surface area contributed by atoms with Gasteiger partial charge < -0.3 is 10.8 Å². The first-order valence-electron chi connectivity index (χ1n) is 7.11. The van der Waals surface area contributed by atoms with E-state index in [2.05, 4.69) is 0 Å². The van der Waals surface area contributed by atoms with E-state index in [1.807, 2.05) is 0 Å². The molecule has 0 amide bonds. The maximum atomic E-state index is 13.3. The molecule has 0 aromatic heterocycles. The molecule has 22 heavy (non-hydrogen) atoms. The van der Waals surface area contributed by atoms with Crippen LogP contribution in [0.15, 0.2) is 18.2 Å². The summed E-state index contributed by atoms with van der Waals surface area (Å²) in [5, 5.41) is 10.3. The molecular formula is C15H20ClF4NO. The molecule has 1 fully saturated rings. The van der Waals surface area contributed by atoms with Crippen molar-refractivity contribution in [3.63, 3.8) is 0 Å². The molecule has 0 aliphatic heterocycles. The highest BCUT2D eigenvalue weighted by atomic mass is 35.5. The van der Waals surface area contributed by atoms with Crippen molar-refractivity contribution in [2.24, 2.45) is 11.7 Å². The van der Waals surface area contributed by atoms with Crippen LogP contribution in [-0.2, 0) is 6.18 Å². The van der Waals surface area contributed by atoms with E-state index in [9.17, 15) is 22.7 Å². The summed E-state index contributed by atoms with van der Waals surface area (Å²) in [5.74, 6) is -1.33. The Bertz CT molecular complexity index is 489. The third-order valence-electron chi connectivity index (χ3n) is 4.18. The minimum atomic E-state index is -4.77. The van der Waals surface area contributed by atoms with E-state index in [1.165, 1.54) is 6.07 Å². The van der Waals surface area contributed by atoms with Gasteiger partial charge in [-0.2, -0.15) is 13.2 Å². The molecule has 2 atom stereocenters. The topological polar surface area (TPSA) is 46.2 Å². The van der Waals surface area contributed by atoms with E-state index >= 15 is 0 Å². The van der Waals surface area contributed by atoms with Crippen LogP contribution in [0.25, 0.3) is 0 Å². The molecule has 0 radical (unpaired) electrons. The molecule has 1 aromatic rings. The standard InChI is InChI=1S/C15H19F4NO.ClH/c16-12-7-6-10(8-11(12)15(17,18)19)13(20)14(21)9-4-2-1-3-5-9;/h6-9,13-14,21H,1-5,20H2;1H/t13-,14+;/m0./s1. The van der Waals surface area contributed by atoms with E-state index < -0.39 is 29.7 Å². The molecule has 0 unspecified atom stereocenters. The number of hydrogen-bond donors (Lipinski definition) is 2. The second kappa shape index (κ2) is 7.62. The van der Waals surface area contributed by atoms with Crippen molar-refractivity contribution >= 4 is 12.4 Å². The van der Waals surface area contributed by atoms with Gasteiger partial charge in [0.15, 0.2) is 0 Å². The molecule has 0 spiro atoms. The van der Waals surface area contributed by atoms with Crippen molar-refractivity contribution in [3.8, 4) is 0 Å². The Labute approximate surface area is 133 Å². The van der Waals surface area contributed by atoms with Crippen molar-refractivity contribution in [2.75, 3.05) is 0 Å². The minimum Gasteiger partial charge on any atom is -0.391 e. The summed E-state index contributed by atoms with van der Waals surface area (Å²) in [6.07, 6.45) is -0.943. The Morgan fingerprint density at radius 1 is 1.14 bits per heavy atom. The summed E-state index contributed by atoms with van der Waals surface area (Å²) >= 11 is 0. The maximum Gasteiger partial charge on any atom is 0.419 e. The zero-order valence-corrected chi connectivity index (χ0v) is 12.8. The maximum absolute atomic E-state index is 13.3. The average Bonchev–Trinajstić information content (AvgIpc) is 2.46. The minimum absolute atomic E-state index is 0. The Morgan fingerprint density at radius 3 is 2.27 bits per heavy atom. The number of rotatable bonds is 3. The van der Waals surface area contributed by atoms with Gasteiger partial charge in [0.05, 0.1) is 17.7 Å². The van der Waals surface area contributed by atoms with Crippen LogP contribution in [-0.4, -0.2) is 11.2 Å². The molecule has 1 aromatic carbocycles. The molecule has 0 heterocycles. The largest absolute Gasteiger partial charge is 0.419 e. The van der Waals surface area contributed by atoms with Crippen LogP contribution >= 0.6 is 12.4 Å². The summed E-state index contributed by atoms with van der Waals surface area (Å²) in [6, 6.07) is 1.73. The number of aliphatic hydroxyl groups is 1. The van der Waals surface area contributed by atoms with Crippen molar-refractivity contribution in [1.82, 2.24) is 0 Å². The second-order valence-electron chi connectivity index (χ2n) is 5.65. The summed E-state index contributed by atoms with van der Waals surface area (Å²) in [5.41, 5.74) is 4.66. The smallest absolute Gasteiger partial charge is 0.391 e. The first-order valence-corrected chi connectivity index (χ1v) is 7.11. The first-order chi connectivity index (χ1) is 9.80. The molecular weight excluding hydrogens is 322 g/mol. The van der Waals surface area contributed by atoms with E-state index in [-0.39, 0.29) is 23.9 Å². The zero-order chi connectivity index (χ0) is 15.6. The Morgan fingerprint density at radius 2 is 1.73 bits per heavy atom. The zero-order valence-electron chi connectivity index (χ0n) is 11.9. The van der Waals surface area contributed by atoms with Crippen molar-refractivity contribution in [1.29, 1.82) is 0 Å². The third kappa shape index (κ3) is 4.33. The highest BCUT2D eigenvalue weighted by Crippen LogP contribution is 2.35. The fraction of sp³-hybridized carbons (Fsp3) is 0.600. The predicted molar refractivity (Wildman–Crippen MR) is 78.2 cm³/mol. The first kappa shape index (κ1) is 19.2. The van der Waals surface area contributed by atoms with Crippen LogP contribution < -0.4 is 5.73 Å². The van der Waals surface area contributed by atoms with E-state index in [4.69, 9.17) is 5.73 Å². The second-order valence-corrected chi connectivity index (χ2v) is 5.65. The van der Waals surface area contributed by atoms with Gasteiger partial charge in [-0.3, -0.25) is 0 Å². The van der Waals surface area contributed by atoms with E-state index in [0.29, 0.717) is 6.07 Å². The molecule has 1 aliphatic rings. The lowest BCUT2D eigenvalue weighted by atomic mass is 9.81. The van der Waals surface area contributed by atoms with Gasteiger partial charge in [-0.1, -0.05) is 25.3 Å². The molecule has 7 heteroatoms. The lowest BCUT2D eigenvalue weighted by Gasteiger charge is -2.30. The number of alkyl halides is 3. The van der Waals surface area contributed by atoms with Crippen molar-refractivity contribution in [3.05, 3.63) is 35.1 Å². The van der Waals surface area contributed by atoms with E-state index in [1.54, 1.807) is 0 Å². The molecule has 1 saturated carbocycles. The van der Waals surface area contributed by atoms with Gasteiger partial charge in [-0.05, 0) is 36.5 Å². The molecule has 3 N–H and O–H groups in total. The summed E-state index contributed by atoms with van der Waals surface area (Å²) < 4.78 is 51.4. The van der Waals surface area contributed by atoms with Gasteiger partial charge >= 0.3 is 6.18 Å². The molecule has 126 valence electrons. The van der Waals surface area contributed by atoms with Gasteiger partial charge in [-0.15, -0.1) is 12.4 Å². The summed E-state index contributed by atoms with van der Waals surface area (Å²) in [7, 11) is 0. The number of halogens is 5. The molecule has 2 rings (SSSR count). The number of aliphatic hydroxyl groups excluding tert-OH is 1. The molecule has 1 aliphatic carbocycles. The van der Waals surface area contributed by atoms with Crippen LogP contribution in [0.2, 0.25) is 0 Å². The number of hydrogen-bond acceptors (Lipinski definition) is 2. The monoisotopic (exact) mass is 341 g/mol. The highest BCUT2D eigenvalue weighted by molar-refractivity contribution is 5.85. The average molecular weight is 342 g/mol. The van der Waals surface area contributed by atoms with Gasteiger partial charge in [0.1, 0.15) is 5.82 Å². The molecule has 2 nitrogen and oxygen atoms in total. The van der Waals surface area contributed by atoms with Crippen LogP contribution in [0.5, 0.6) is 0 Å². The Kier molecular flexibility index (Phi) is 6.65. The van der Waals surface area contributed by atoms with Crippen LogP contribution in [0.4, 0.5) is 17.6 Å². The number of nitrogens with two attached hydrogens (primary N) is 1. The lowest BCUT2D eigenvalue weighted by molar-refractivity contribution is -0.140. The van der Waals surface area contributed by atoms with Crippen molar-refractivity contribution < 1.29 is 22.7 Å². The normalized spacial score (nSPS) is 19.4. The van der Waals surface area contributed by atoms with Crippen LogP contribution in [0.1, 0.15) is 49.3 Å². The third-order valence-corrected chi connectivity index (χ3v) is 4.18. The fourth-order valence-electron chi connectivity index (χ4n) is 2.93. The number of benzene rings is 1. The predicted octanol–water partition coefficient (Wildman–Crippen LogP) is 4.21. The molecule has 0 saturated heterocycles. The Balaban J connectivity index is 0.00000242. The quantitative estimate of drug-likeness (QED) is 0.809. The summed E-state index contributed by atoms with van der Waals surface area (Å²) in [6.45, 7) is 0. The SMILES string of the molecule is Cl.N[C@@H](c1ccc(F)c(C(F)(F)F)c1)[C@H](O)C1CCCCC1. The van der Waals surface area contributed by atoms with Crippen molar-refractivity contribution in [2.45, 2.75) is 50.4 Å².